The Balaban J connectivity index is 2.99. The van der Waals surface area contributed by atoms with Gasteiger partial charge >= 0.3 is 22.5 Å². The number of nitrogens with one attached hydrogen (secondary N) is 2. The van der Waals surface area contributed by atoms with Crippen molar-refractivity contribution < 1.29 is 31.1 Å². The van der Waals surface area contributed by atoms with E-state index in [9.17, 15) is 26.4 Å². The summed E-state index contributed by atoms with van der Waals surface area (Å²) in [6.07, 6.45) is -5.87. The average Bonchev–Trinajstić information content (AvgIpc) is 2.29. The van der Waals surface area contributed by atoms with Gasteiger partial charge in [0.1, 0.15) is 0 Å². The summed E-state index contributed by atoms with van der Waals surface area (Å²) in [5, 5.41) is 0. The molecule has 0 aliphatic rings. The second-order valence-corrected chi connectivity index (χ2v) is 5.89. The van der Waals surface area contributed by atoms with Crippen molar-refractivity contribution in [2.24, 2.45) is 0 Å². The largest absolute Gasteiger partial charge is 0.449 e. The Morgan fingerprint density at radius 2 is 2.00 bits per heavy atom. The van der Waals surface area contributed by atoms with Gasteiger partial charge in [0.05, 0.1) is 17.9 Å². The summed E-state index contributed by atoms with van der Waals surface area (Å²) in [6, 6.07) is 2.40. The quantitative estimate of drug-likeness (QED) is 0.827. The molecule has 0 atom stereocenters. The molecule has 0 unspecified atom stereocenters. The Hall–Kier alpha value is -1.49. The number of alkyl halides is 3. The average molecular weight is 391 g/mol. The molecule has 0 aliphatic heterocycles. The highest BCUT2D eigenvalue weighted by Gasteiger charge is 2.31. The van der Waals surface area contributed by atoms with E-state index in [0.717, 1.165) is 12.1 Å². The molecule has 0 fully saturated rings. The van der Waals surface area contributed by atoms with Gasteiger partial charge in [-0.25, -0.2) is 9.52 Å². The molecule has 0 saturated heterocycles. The summed E-state index contributed by atoms with van der Waals surface area (Å²) in [5.41, 5.74) is -1.42. The number of hydrogen-bond donors (Lipinski definition) is 2. The van der Waals surface area contributed by atoms with Gasteiger partial charge in [0, 0.05) is 4.47 Å². The van der Waals surface area contributed by atoms with Crippen molar-refractivity contribution in [3.63, 3.8) is 0 Å². The van der Waals surface area contributed by atoms with Crippen molar-refractivity contribution in [2.45, 2.75) is 13.1 Å². The summed E-state index contributed by atoms with van der Waals surface area (Å²) < 4.78 is 68.6. The zero-order valence-corrected chi connectivity index (χ0v) is 12.9. The first-order valence-electron chi connectivity index (χ1n) is 5.39. The predicted molar refractivity (Wildman–Crippen MR) is 71.8 cm³/mol. The maximum atomic E-state index is 12.6. The Morgan fingerprint density at radius 1 is 1.38 bits per heavy atom. The summed E-state index contributed by atoms with van der Waals surface area (Å²) in [5.74, 6) is 0. The van der Waals surface area contributed by atoms with Crippen LogP contribution >= 0.6 is 15.9 Å². The summed E-state index contributed by atoms with van der Waals surface area (Å²) in [7, 11) is -4.41. The van der Waals surface area contributed by atoms with Crippen LogP contribution in [0.15, 0.2) is 22.7 Å². The number of anilines is 1. The van der Waals surface area contributed by atoms with E-state index in [0.29, 0.717) is 6.07 Å². The molecule has 0 aromatic heterocycles. The fourth-order valence-corrected chi connectivity index (χ4v) is 2.49. The second-order valence-electron chi connectivity index (χ2n) is 3.62. The van der Waals surface area contributed by atoms with Crippen molar-refractivity contribution in [3.05, 3.63) is 28.2 Å². The third kappa shape index (κ3) is 5.42. The van der Waals surface area contributed by atoms with Crippen LogP contribution in [0.1, 0.15) is 12.5 Å². The van der Waals surface area contributed by atoms with Crippen molar-refractivity contribution in [1.82, 2.24) is 4.72 Å². The van der Waals surface area contributed by atoms with Gasteiger partial charge in [0.2, 0.25) is 0 Å². The second kappa shape index (κ2) is 6.52. The molecule has 2 N–H and O–H groups in total. The number of carbonyl (C=O) groups is 1. The summed E-state index contributed by atoms with van der Waals surface area (Å²) in [4.78, 5) is 11.0. The van der Waals surface area contributed by atoms with Gasteiger partial charge in [-0.3, -0.25) is 4.72 Å². The van der Waals surface area contributed by atoms with Crippen LogP contribution in [0, 0.1) is 0 Å². The highest BCUT2D eigenvalue weighted by Crippen LogP contribution is 2.34. The zero-order valence-electron chi connectivity index (χ0n) is 10.5. The fourth-order valence-electron chi connectivity index (χ4n) is 1.22. The molecule has 0 spiro atoms. The van der Waals surface area contributed by atoms with E-state index in [4.69, 9.17) is 0 Å². The molecule has 0 aliphatic carbocycles. The van der Waals surface area contributed by atoms with Crippen LogP contribution in [-0.2, 0) is 21.1 Å². The lowest BCUT2D eigenvalue weighted by Crippen LogP contribution is -2.35. The number of amides is 1. The van der Waals surface area contributed by atoms with E-state index in [2.05, 4.69) is 20.7 Å². The molecule has 1 aromatic carbocycles. The molecular formula is C10H10BrF3N2O4S. The first kappa shape index (κ1) is 17.6. The molecule has 0 radical (unpaired) electrons. The van der Waals surface area contributed by atoms with Crippen LogP contribution < -0.4 is 9.44 Å². The van der Waals surface area contributed by atoms with Crippen LogP contribution in [0.2, 0.25) is 0 Å². The van der Waals surface area contributed by atoms with Gasteiger partial charge < -0.3 is 4.74 Å². The van der Waals surface area contributed by atoms with Crippen LogP contribution in [0.3, 0.4) is 0 Å². The maximum absolute atomic E-state index is 12.6. The van der Waals surface area contributed by atoms with Crippen molar-refractivity contribution in [1.29, 1.82) is 0 Å². The van der Waals surface area contributed by atoms with E-state index in [1.807, 2.05) is 0 Å². The lowest BCUT2D eigenvalue weighted by Gasteiger charge is -2.13. The van der Waals surface area contributed by atoms with Crippen LogP contribution in [0.4, 0.5) is 23.7 Å². The minimum Gasteiger partial charge on any atom is -0.449 e. The van der Waals surface area contributed by atoms with Crippen molar-refractivity contribution in [2.75, 3.05) is 11.3 Å². The standard InChI is InChI=1S/C10H10BrF3N2O4S/c1-2-20-9(17)16-21(18,19)15-8-5-6(10(12,13)14)3-4-7(8)11/h3-5,15H,2H2,1H3,(H,16,17). The monoisotopic (exact) mass is 390 g/mol. The number of ether oxygens (including phenoxy) is 1. The normalized spacial score (nSPS) is 11.9. The minimum atomic E-state index is -4.63. The molecule has 1 amide bonds. The smallest absolute Gasteiger partial charge is 0.422 e. The third-order valence-corrected chi connectivity index (χ3v) is 3.65. The third-order valence-electron chi connectivity index (χ3n) is 2.03. The lowest BCUT2D eigenvalue weighted by atomic mass is 10.2. The van der Waals surface area contributed by atoms with E-state index >= 15 is 0 Å². The van der Waals surface area contributed by atoms with E-state index in [-0.39, 0.29) is 16.8 Å². The van der Waals surface area contributed by atoms with Gasteiger partial charge in [-0.2, -0.15) is 21.6 Å². The van der Waals surface area contributed by atoms with Gasteiger partial charge in [-0.15, -0.1) is 0 Å². The number of carbonyl (C=O) groups excluding carboxylic acids is 1. The fraction of sp³-hybridized carbons (Fsp3) is 0.300. The van der Waals surface area contributed by atoms with Gasteiger partial charge in [0.25, 0.3) is 0 Å². The Labute approximate surface area is 127 Å². The highest BCUT2D eigenvalue weighted by atomic mass is 79.9. The topological polar surface area (TPSA) is 84.5 Å². The molecule has 0 heterocycles. The maximum Gasteiger partial charge on any atom is 0.422 e. The van der Waals surface area contributed by atoms with E-state index in [1.165, 1.54) is 11.6 Å². The van der Waals surface area contributed by atoms with Gasteiger partial charge in [-0.1, -0.05) is 0 Å². The first-order valence-corrected chi connectivity index (χ1v) is 7.67. The molecule has 0 saturated carbocycles. The Bertz CT molecular complexity index is 634. The van der Waals surface area contributed by atoms with Crippen LogP contribution in [0.25, 0.3) is 0 Å². The molecular weight excluding hydrogens is 381 g/mol. The van der Waals surface area contributed by atoms with Gasteiger partial charge in [-0.05, 0) is 41.1 Å². The van der Waals surface area contributed by atoms with Crippen molar-refractivity contribution in [3.8, 4) is 0 Å². The van der Waals surface area contributed by atoms with Crippen molar-refractivity contribution >= 4 is 37.9 Å². The molecule has 118 valence electrons. The minimum absolute atomic E-state index is 0.0609. The zero-order chi connectivity index (χ0) is 16.3. The molecule has 21 heavy (non-hydrogen) atoms. The Morgan fingerprint density at radius 3 is 2.52 bits per heavy atom. The van der Waals surface area contributed by atoms with Crippen LogP contribution in [-0.4, -0.2) is 21.1 Å². The summed E-state index contributed by atoms with van der Waals surface area (Å²) >= 11 is 2.91. The number of benzene rings is 1. The molecule has 0 bridgehead atoms. The molecule has 1 rings (SSSR count). The number of hydrogen-bond acceptors (Lipinski definition) is 4. The van der Waals surface area contributed by atoms with E-state index < -0.39 is 28.0 Å². The molecule has 1 aromatic rings. The van der Waals surface area contributed by atoms with E-state index in [1.54, 1.807) is 4.72 Å². The predicted octanol–water partition coefficient (Wildman–Crippen LogP) is 2.87. The summed E-state index contributed by atoms with van der Waals surface area (Å²) in [6.45, 7) is 1.40. The molecule has 11 heteroatoms. The number of halogens is 4. The Kier molecular flexibility index (Phi) is 5.45. The number of rotatable bonds is 4. The molecule has 6 nitrogen and oxygen atoms in total. The highest BCUT2D eigenvalue weighted by molar-refractivity contribution is 9.10. The SMILES string of the molecule is CCOC(=O)NS(=O)(=O)Nc1cc(C(F)(F)F)ccc1Br. The first-order chi connectivity index (χ1) is 9.55. The van der Waals surface area contributed by atoms with Crippen LogP contribution in [0.5, 0.6) is 0 Å². The van der Waals surface area contributed by atoms with Gasteiger partial charge in [0.15, 0.2) is 0 Å². The lowest BCUT2D eigenvalue weighted by molar-refractivity contribution is -0.137.